The highest BCUT2D eigenvalue weighted by Crippen LogP contribution is 2.44. The highest BCUT2D eigenvalue weighted by atomic mass is 16.5. The summed E-state index contributed by atoms with van der Waals surface area (Å²) in [5.41, 5.74) is 4.30. The Labute approximate surface area is 210 Å². The van der Waals surface area contributed by atoms with Gasteiger partial charge in [0.05, 0.1) is 41.6 Å². The van der Waals surface area contributed by atoms with E-state index in [1.54, 1.807) is 24.9 Å². The SMILES string of the molecule is CCOc1nc2ccc(C(O)(c3ccncc3)c3cncn3C)cc2c(N(C)C)c1-c1ccccc1. The monoisotopic (exact) mass is 479 g/mol. The number of nitrogens with zero attached hydrogens (tertiary/aromatic N) is 5. The Balaban J connectivity index is 1.84. The molecule has 1 unspecified atom stereocenters. The lowest BCUT2D eigenvalue weighted by Gasteiger charge is -2.30. The van der Waals surface area contributed by atoms with Crippen LogP contribution >= 0.6 is 0 Å². The highest BCUT2D eigenvalue weighted by molar-refractivity contribution is 6.02. The van der Waals surface area contributed by atoms with Crippen LogP contribution < -0.4 is 9.64 Å². The summed E-state index contributed by atoms with van der Waals surface area (Å²) in [6, 6.07) is 19.7. The molecule has 5 rings (SSSR count). The molecule has 2 aromatic carbocycles. The normalized spacial score (nSPS) is 12.9. The van der Waals surface area contributed by atoms with Gasteiger partial charge in [-0.1, -0.05) is 36.4 Å². The van der Waals surface area contributed by atoms with E-state index in [4.69, 9.17) is 9.72 Å². The molecule has 0 aliphatic heterocycles. The minimum Gasteiger partial charge on any atom is -0.477 e. The van der Waals surface area contributed by atoms with Gasteiger partial charge in [-0.3, -0.25) is 4.98 Å². The van der Waals surface area contributed by atoms with Gasteiger partial charge in [-0.2, -0.15) is 0 Å². The largest absolute Gasteiger partial charge is 0.477 e. The molecule has 36 heavy (non-hydrogen) atoms. The lowest BCUT2D eigenvalue weighted by molar-refractivity contribution is 0.117. The van der Waals surface area contributed by atoms with E-state index in [0.717, 1.165) is 27.7 Å². The first kappa shape index (κ1) is 23.5. The van der Waals surface area contributed by atoms with Gasteiger partial charge in [0.1, 0.15) is 0 Å². The second kappa shape index (κ2) is 9.43. The third kappa shape index (κ3) is 3.87. The summed E-state index contributed by atoms with van der Waals surface area (Å²) in [7, 11) is 5.91. The lowest BCUT2D eigenvalue weighted by atomic mass is 9.83. The van der Waals surface area contributed by atoms with E-state index < -0.39 is 5.60 Å². The molecule has 0 radical (unpaired) electrons. The van der Waals surface area contributed by atoms with Crippen molar-refractivity contribution in [2.75, 3.05) is 25.6 Å². The zero-order valence-electron chi connectivity index (χ0n) is 20.9. The van der Waals surface area contributed by atoms with E-state index in [2.05, 4.69) is 27.0 Å². The van der Waals surface area contributed by atoms with E-state index in [1.165, 1.54) is 0 Å². The molecule has 0 amide bonds. The smallest absolute Gasteiger partial charge is 0.224 e. The molecule has 5 aromatic rings. The fraction of sp³-hybridized carbons (Fsp3) is 0.207. The second-order valence-electron chi connectivity index (χ2n) is 8.90. The van der Waals surface area contributed by atoms with Gasteiger partial charge in [-0.15, -0.1) is 0 Å². The van der Waals surface area contributed by atoms with Crippen molar-refractivity contribution in [1.82, 2.24) is 19.5 Å². The molecule has 1 N–H and O–H groups in total. The van der Waals surface area contributed by atoms with Crippen molar-refractivity contribution >= 4 is 16.6 Å². The highest BCUT2D eigenvalue weighted by Gasteiger charge is 2.37. The molecule has 0 spiro atoms. The molecule has 0 aliphatic rings. The fourth-order valence-electron chi connectivity index (χ4n) is 4.78. The molecule has 0 fully saturated rings. The van der Waals surface area contributed by atoms with Crippen molar-refractivity contribution in [1.29, 1.82) is 0 Å². The van der Waals surface area contributed by atoms with Crippen LogP contribution in [0.2, 0.25) is 0 Å². The fourth-order valence-corrected chi connectivity index (χ4v) is 4.78. The second-order valence-corrected chi connectivity index (χ2v) is 8.90. The van der Waals surface area contributed by atoms with Gasteiger partial charge in [-0.25, -0.2) is 9.97 Å². The van der Waals surface area contributed by atoms with Gasteiger partial charge < -0.3 is 19.3 Å². The number of rotatable bonds is 7. The van der Waals surface area contributed by atoms with Gasteiger partial charge in [0, 0.05) is 38.9 Å². The van der Waals surface area contributed by atoms with Gasteiger partial charge in [-0.05, 0) is 47.9 Å². The Bertz CT molecular complexity index is 1500. The third-order valence-electron chi connectivity index (χ3n) is 6.42. The summed E-state index contributed by atoms with van der Waals surface area (Å²) in [4.78, 5) is 15.4. The molecule has 182 valence electrons. The maximum Gasteiger partial charge on any atom is 0.224 e. The molecule has 7 nitrogen and oxygen atoms in total. The third-order valence-corrected chi connectivity index (χ3v) is 6.42. The quantitative estimate of drug-likeness (QED) is 0.362. The number of fused-ring (bicyclic) bond motifs is 1. The number of hydrogen-bond acceptors (Lipinski definition) is 6. The zero-order valence-corrected chi connectivity index (χ0v) is 20.9. The maximum absolute atomic E-state index is 12.4. The van der Waals surface area contributed by atoms with E-state index >= 15 is 0 Å². The molecule has 0 saturated heterocycles. The van der Waals surface area contributed by atoms with Crippen molar-refractivity contribution in [3.8, 4) is 17.0 Å². The van der Waals surface area contributed by atoms with Gasteiger partial charge in [0.25, 0.3) is 0 Å². The summed E-state index contributed by atoms with van der Waals surface area (Å²) >= 11 is 0. The number of benzene rings is 2. The first-order valence-corrected chi connectivity index (χ1v) is 11.9. The first-order valence-electron chi connectivity index (χ1n) is 11.9. The summed E-state index contributed by atoms with van der Waals surface area (Å²) < 4.78 is 7.86. The first-order chi connectivity index (χ1) is 17.4. The van der Waals surface area contributed by atoms with Gasteiger partial charge >= 0.3 is 0 Å². The number of pyridine rings is 2. The molecule has 1 atom stereocenters. The zero-order chi connectivity index (χ0) is 25.3. The number of aryl methyl sites for hydroxylation is 1. The Hall–Kier alpha value is -4.23. The van der Waals surface area contributed by atoms with Crippen molar-refractivity contribution in [2.24, 2.45) is 7.05 Å². The van der Waals surface area contributed by atoms with Crippen LogP contribution in [0.1, 0.15) is 23.7 Å². The Kier molecular flexibility index (Phi) is 6.16. The van der Waals surface area contributed by atoms with Crippen molar-refractivity contribution in [3.05, 3.63) is 102 Å². The maximum atomic E-state index is 12.4. The van der Waals surface area contributed by atoms with Crippen LogP contribution in [0.25, 0.3) is 22.0 Å². The number of ether oxygens (including phenoxy) is 1. The van der Waals surface area contributed by atoms with Crippen molar-refractivity contribution in [3.63, 3.8) is 0 Å². The standard InChI is InChI=1S/C29H29N5O2/c1-5-36-28-26(20-9-7-6-8-10-20)27(33(2)3)23-17-22(11-12-24(23)32-28)29(35,21-13-15-30-16-14-21)25-18-31-19-34(25)4/h6-19,35H,5H2,1-4H3. The topological polar surface area (TPSA) is 76.3 Å². The Morgan fingerprint density at radius 3 is 2.36 bits per heavy atom. The van der Waals surface area contributed by atoms with Crippen LogP contribution in [-0.2, 0) is 12.6 Å². The number of hydrogen-bond donors (Lipinski definition) is 1. The molecule has 0 aliphatic carbocycles. The molecular formula is C29H29N5O2. The Morgan fingerprint density at radius 1 is 0.972 bits per heavy atom. The average molecular weight is 480 g/mol. The molecule has 0 bridgehead atoms. The van der Waals surface area contributed by atoms with Gasteiger partial charge in [0.15, 0.2) is 5.60 Å². The molecule has 3 aromatic heterocycles. The van der Waals surface area contributed by atoms with Crippen molar-refractivity contribution in [2.45, 2.75) is 12.5 Å². The van der Waals surface area contributed by atoms with Crippen LogP contribution in [0.3, 0.4) is 0 Å². The summed E-state index contributed by atoms with van der Waals surface area (Å²) in [5.74, 6) is 0.587. The molecule has 3 heterocycles. The van der Waals surface area contributed by atoms with Crippen LogP contribution in [0.4, 0.5) is 5.69 Å². The summed E-state index contributed by atoms with van der Waals surface area (Å²) in [6.07, 6.45) is 6.76. The minimum absolute atomic E-state index is 0.506. The number of aliphatic hydroxyl groups is 1. The van der Waals surface area contributed by atoms with Crippen molar-refractivity contribution < 1.29 is 9.84 Å². The summed E-state index contributed by atoms with van der Waals surface area (Å²) in [6.45, 7) is 2.47. The lowest BCUT2D eigenvalue weighted by Crippen LogP contribution is -2.31. The van der Waals surface area contributed by atoms with E-state index in [-0.39, 0.29) is 0 Å². The number of anilines is 1. The van der Waals surface area contributed by atoms with E-state index in [1.807, 2.05) is 81.2 Å². The summed E-state index contributed by atoms with van der Waals surface area (Å²) in [5, 5.41) is 13.3. The van der Waals surface area contributed by atoms with Crippen LogP contribution in [0, 0.1) is 0 Å². The van der Waals surface area contributed by atoms with Crippen LogP contribution in [0.15, 0.2) is 85.6 Å². The number of aromatic nitrogens is 4. The van der Waals surface area contributed by atoms with E-state index in [0.29, 0.717) is 29.3 Å². The van der Waals surface area contributed by atoms with Crippen LogP contribution in [-0.4, -0.2) is 45.3 Å². The molecule has 0 saturated carbocycles. The average Bonchev–Trinajstić information content (AvgIpc) is 3.34. The Morgan fingerprint density at radius 2 is 1.72 bits per heavy atom. The van der Waals surface area contributed by atoms with Gasteiger partial charge in [0.2, 0.25) is 5.88 Å². The predicted molar refractivity (Wildman–Crippen MR) is 142 cm³/mol. The predicted octanol–water partition coefficient (Wildman–Crippen LogP) is 4.78. The van der Waals surface area contributed by atoms with E-state index in [9.17, 15) is 5.11 Å². The molecular weight excluding hydrogens is 450 g/mol. The van der Waals surface area contributed by atoms with Crippen LogP contribution in [0.5, 0.6) is 5.88 Å². The number of imidazole rings is 1. The molecule has 7 heteroatoms. The minimum atomic E-state index is -1.45.